The van der Waals surface area contributed by atoms with Crippen LogP contribution in [0.25, 0.3) is 11.4 Å². The maximum Gasteiger partial charge on any atom is 0.269 e. The normalized spacial score (nSPS) is 11.3. The van der Waals surface area contributed by atoms with Gasteiger partial charge in [-0.1, -0.05) is 38.1 Å². The second-order valence-corrected chi connectivity index (χ2v) is 7.83. The Kier molecular flexibility index (Phi) is 5.81. The first-order valence-corrected chi connectivity index (χ1v) is 9.12. The van der Waals surface area contributed by atoms with Crippen molar-refractivity contribution in [1.82, 2.24) is 10.1 Å². The van der Waals surface area contributed by atoms with Crippen molar-refractivity contribution in [1.29, 1.82) is 0 Å². The number of non-ortho nitro benzene ring substituents is 1. The Morgan fingerprint density at radius 1 is 1.14 bits per heavy atom. The van der Waals surface area contributed by atoms with E-state index >= 15 is 0 Å². The van der Waals surface area contributed by atoms with E-state index in [1.54, 1.807) is 31.4 Å². The first kappa shape index (κ1) is 20.3. The highest BCUT2D eigenvalue weighted by molar-refractivity contribution is 5.60. The molecule has 0 aliphatic rings. The van der Waals surface area contributed by atoms with Crippen molar-refractivity contribution >= 4 is 5.69 Å². The molecule has 3 aromatic rings. The van der Waals surface area contributed by atoms with Crippen molar-refractivity contribution in [3.05, 3.63) is 64.0 Å². The molecule has 0 spiro atoms. The minimum atomic E-state index is -0.433. The van der Waals surface area contributed by atoms with E-state index in [9.17, 15) is 10.1 Å². The molecule has 0 fully saturated rings. The zero-order valence-electron chi connectivity index (χ0n) is 16.8. The molecule has 0 radical (unpaired) electrons. The van der Waals surface area contributed by atoms with Crippen LogP contribution in [-0.4, -0.2) is 22.2 Å². The summed E-state index contributed by atoms with van der Waals surface area (Å²) in [5.74, 6) is 2.08. The number of aromatic nitrogens is 2. The van der Waals surface area contributed by atoms with Crippen LogP contribution in [-0.2, 0) is 13.0 Å². The lowest BCUT2D eigenvalue weighted by molar-refractivity contribution is -0.384. The predicted molar refractivity (Wildman–Crippen MR) is 107 cm³/mol. The Labute approximate surface area is 168 Å². The Morgan fingerprint density at radius 3 is 2.62 bits per heavy atom. The summed E-state index contributed by atoms with van der Waals surface area (Å²) < 4.78 is 16.6. The largest absolute Gasteiger partial charge is 0.493 e. The molecule has 1 heterocycles. The molecule has 0 saturated heterocycles. The Morgan fingerprint density at radius 2 is 1.93 bits per heavy atom. The minimum Gasteiger partial charge on any atom is -0.493 e. The zero-order valence-corrected chi connectivity index (χ0v) is 16.8. The average Bonchev–Trinajstić information content (AvgIpc) is 3.13. The number of nitro groups is 1. The third-order valence-corrected chi connectivity index (χ3v) is 4.09. The van der Waals surface area contributed by atoms with E-state index in [4.69, 9.17) is 14.0 Å². The summed E-state index contributed by atoms with van der Waals surface area (Å²) in [5.41, 5.74) is 1.51. The zero-order chi connectivity index (χ0) is 21.0. The second-order valence-electron chi connectivity index (χ2n) is 7.83. The summed E-state index contributed by atoms with van der Waals surface area (Å²) in [6.07, 6.45) is 0.682. The van der Waals surface area contributed by atoms with Gasteiger partial charge in [-0.15, -0.1) is 0 Å². The number of rotatable bonds is 7. The van der Waals surface area contributed by atoms with E-state index < -0.39 is 4.92 Å². The van der Waals surface area contributed by atoms with Crippen molar-refractivity contribution in [2.45, 2.75) is 33.8 Å². The topological polar surface area (TPSA) is 101 Å². The molecule has 8 heteroatoms. The molecule has 0 unspecified atom stereocenters. The van der Waals surface area contributed by atoms with Crippen LogP contribution in [0.3, 0.4) is 0 Å². The molecule has 0 atom stereocenters. The molecule has 152 valence electrons. The van der Waals surface area contributed by atoms with E-state index in [0.29, 0.717) is 35.2 Å². The van der Waals surface area contributed by atoms with E-state index in [0.717, 1.165) is 5.56 Å². The Balaban J connectivity index is 1.75. The molecule has 0 bridgehead atoms. The van der Waals surface area contributed by atoms with Crippen LogP contribution in [0.15, 0.2) is 47.0 Å². The highest BCUT2D eigenvalue weighted by Crippen LogP contribution is 2.32. The van der Waals surface area contributed by atoms with Gasteiger partial charge in [0.25, 0.3) is 5.69 Å². The summed E-state index contributed by atoms with van der Waals surface area (Å²) in [5, 5.41) is 15.0. The van der Waals surface area contributed by atoms with Crippen LogP contribution in [0, 0.1) is 15.5 Å². The van der Waals surface area contributed by atoms with Crippen molar-refractivity contribution in [3.63, 3.8) is 0 Å². The maximum absolute atomic E-state index is 10.9. The van der Waals surface area contributed by atoms with Crippen LogP contribution in [0.2, 0.25) is 0 Å². The van der Waals surface area contributed by atoms with Gasteiger partial charge in [-0.25, -0.2) is 0 Å². The monoisotopic (exact) mass is 397 g/mol. The number of benzene rings is 2. The van der Waals surface area contributed by atoms with Gasteiger partial charge in [0.15, 0.2) is 11.5 Å². The molecular formula is C21H23N3O5. The average molecular weight is 397 g/mol. The molecule has 0 saturated carbocycles. The van der Waals surface area contributed by atoms with Gasteiger partial charge in [-0.3, -0.25) is 10.1 Å². The molecule has 0 N–H and O–H groups in total. The van der Waals surface area contributed by atoms with Gasteiger partial charge >= 0.3 is 0 Å². The number of hydrogen-bond acceptors (Lipinski definition) is 7. The third-order valence-electron chi connectivity index (χ3n) is 4.09. The lowest BCUT2D eigenvalue weighted by Gasteiger charge is -2.13. The van der Waals surface area contributed by atoms with Gasteiger partial charge in [0, 0.05) is 24.1 Å². The SMILES string of the molecule is COc1cc(-c2noc(CC(C)(C)C)n2)ccc1OCc1cccc([N+](=O)[O-])c1. The van der Waals surface area contributed by atoms with Crippen molar-refractivity contribution in [2.24, 2.45) is 5.41 Å². The van der Waals surface area contributed by atoms with Gasteiger partial charge in [0.05, 0.1) is 12.0 Å². The lowest BCUT2D eigenvalue weighted by atomic mass is 9.92. The van der Waals surface area contributed by atoms with Crippen LogP contribution < -0.4 is 9.47 Å². The van der Waals surface area contributed by atoms with Crippen LogP contribution in [0.1, 0.15) is 32.2 Å². The fourth-order valence-corrected chi connectivity index (χ4v) is 2.74. The smallest absolute Gasteiger partial charge is 0.269 e. The molecular weight excluding hydrogens is 374 g/mol. The van der Waals surface area contributed by atoms with E-state index in [2.05, 4.69) is 30.9 Å². The molecule has 3 rings (SSSR count). The number of nitro benzene ring substituents is 1. The fraction of sp³-hybridized carbons (Fsp3) is 0.333. The number of hydrogen-bond donors (Lipinski definition) is 0. The van der Waals surface area contributed by atoms with Gasteiger partial charge < -0.3 is 14.0 Å². The van der Waals surface area contributed by atoms with Gasteiger partial charge in [-0.05, 0) is 29.2 Å². The van der Waals surface area contributed by atoms with Gasteiger partial charge in [-0.2, -0.15) is 4.98 Å². The number of nitrogens with zero attached hydrogens (tertiary/aromatic N) is 3. The first-order chi connectivity index (χ1) is 13.7. The maximum atomic E-state index is 10.9. The van der Waals surface area contributed by atoms with Crippen molar-refractivity contribution < 1.29 is 18.9 Å². The molecule has 0 amide bonds. The first-order valence-electron chi connectivity index (χ1n) is 9.12. The van der Waals surface area contributed by atoms with Crippen LogP contribution in [0.4, 0.5) is 5.69 Å². The quantitative estimate of drug-likeness (QED) is 0.416. The summed E-state index contributed by atoms with van der Waals surface area (Å²) in [7, 11) is 1.54. The highest BCUT2D eigenvalue weighted by Gasteiger charge is 2.18. The third kappa shape index (κ3) is 5.31. The number of ether oxygens (including phenoxy) is 2. The van der Waals surface area contributed by atoms with Gasteiger partial charge in [0.1, 0.15) is 6.61 Å². The molecule has 8 nitrogen and oxygen atoms in total. The summed E-state index contributed by atoms with van der Waals surface area (Å²) in [6, 6.07) is 11.7. The van der Waals surface area contributed by atoms with Crippen molar-refractivity contribution in [3.8, 4) is 22.9 Å². The van der Waals surface area contributed by atoms with Crippen LogP contribution in [0.5, 0.6) is 11.5 Å². The van der Waals surface area contributed by atoms with E-state index in [1.807, 2.05) is 6.07 Å². The molecule has 0 aliphatic carbocycles. The summed E-state index contributed by atoms with van der Waals surface area (Å²) in [6.45, 7) is 6.49. The Bertz CT molecular complexity index is 1010. The predicted octanol–water partition coefficient (Wildman–Crippen LogP) is 4.82. The molecule has 0 aliphatic heterocycles. The summed E-state index contributed by atoms with van der Waals surface area (Å²) >= 11 is 0. The second kappa shape index (κ2) is 8.30. The van der Waals surface area contributed by atoms with Gasteiger partial charge in [0.2, 0.25) is 11.7 Å². The molecule has 1 aromatic heterocycles. The lowest BCUT2D eigenvalue weighted by Crippen LogP contribution is -2.09. The van der Waals surface area contributed by atoms with E-state index in [-0.39, 0.29) is 17.7 Å². The molecule has 2 aromatic carbocycles. The number of methoxy groups -OCH3 is 1. The fourth-order valence-electron chi connectivity index (χ4n) is 2.74. The van der Waals surface area contributed by atoms with Crippen LogP contribution >= 0.6 is 0 Å². The highest BCUT2D eigenvalue weighted by atomic mass is 16.6. The Hall–Kier alpha value is -3.42. The molecule has 29 heavy (non-hydrogen) atoms. The minimum absolute atomic E-state index is 0.0246. The van der Waals surface area contributed by atoms with E-state index in [1.165, 1.54) is 12.1 Å². The summed E-state index contributed by atoms with van der Waals surface area (Å²) in [4.78, 5) is 14.9. The standard InChI is InChI=1S/C21H23N3O5/c1-21(2,3)12-19-22-20(23-29-19)15-8-9-17(18(11-15)27-4)28-13-14-6-5-7-16(10-14)24(25)26/h5-11H,12-13H2,1-4H3. The van der Waals surface area contributed by atoms with Crippen molar-refractivity contribution in [2.75, 3.05) is 7.11 Å².